The van der Waals surface area contributed by atoms with Crippen molar-refractivity contribution < 1.29 is 23.2 Å². The summed E-state index contributed by atoms with van der Waals surface area (Å²) in [7, 11) is 0. The number of nitrogens with zero attached hydrogens (tertiary/aromatic N) is 2. The Morgan fingerprint density at radius 1 is 1.13 bits per heavy atom. The Morgan fingerprint density at radius 3 is 2.52 bits per heavy atom. The molecule has 0 bridgehead atoms. The fourth-order valence-electron chi connectivity index (χ4n) is 2.20. The number of halogens is 4. The molecule has 0 aromatic heterocycles. The second-order valence-corrected chi connectivity index (χ2v) is 5.12. The van der Waals surface area contributed by atoms with Crippen molar-refractivity contribution in [1.29, 1.82) is 0 Å². The maximum absolute atomic E-state index is 12.9. The summed E-state index contributed by atoms with van der Waals surface area (Å²) in [6, 6.07) is 8.42. The van der Waals surface area contributed by atoms with E-state index in [1.807, 2.05) is 0 Å². The number of hydrogen-bond donors (Lipinski definition) is 2. The van der Waals surface area contributed by atoms with E-state index in [0.29, 0.717) is 21.9 Å². The molecule has 120 valence electrons. The van der Waals surface area contributed by atoms with Crippen molar-refractivity contribution in [2.45, 2.75) is 6.18 Å². The summed E-state index contributed by atoms with van der Waals surface area (Å²) in [6.45, 7) is 0. The largest absolute Gasteiger partial charge is 0.417 e. The molecule has 0 fully saturated rings. The van der Waals surface area contributed by atoms with E-state index in [1.165, 1.54) is 12.1 Å². The van der Waals surface area contributed by atoms with Gasteiger partial charge < -0.3 is 5.32 Å². The van der Waals surface area contributed by atoms with Crippen LogP contribution in [0.15, 0.2) is 42.5 Å². The first-order valence-electron chi connectivity index (χ1n) is 6.35. The van der Waals surface area contributed by atoms with Gasteiger partial charge in [0.05, 0.1) is 22.0 Å². The average molecular weight is 344 g/mol. The van der Waals surface area contributed by atoms with Crippen LogP contribution in [-0.4, -0.2) is 11.2 Å². The molecule has 0 radical (unpaired) electrons. The van der Waals surface area contributed by atoms with Crippen LogP contribution in [0.2, 0.25) is 5.02 Å². The lowest BCUT2D eigenvalue weighted by Crippen LogP contribution is -2.51. The van der Waals surface area contributed by atoms with Crippen LogP contribution in [-0.2, 0) is 6.18 Å². The molecule has 0 saturated carbocycles. The summed E-state index contributed by atoms with van der Waals surface area (Å²) in [5.41, 5.74) is -0.732. The topological polar surface area (TPSA) is 55.8 Å². The third-order valence-electron chi connectivity index (χ3n) is 3.24. The third-order valence-corrected chi connectivity index (χ3v) is 3.57. The number of benzene rings is 2. The van der Waals surface area contributed by atoms with Crippen molar-refractivity contribution in [3.63, 3.8) is 0 Å². The number of para-hydroxylation sites is 2. The van der Waals surface area contributed by atoms with Crippen LogP contribution in [0.4, 0.5) is 35.0 Å². The van der Waals surface area contributed by atoms with Crippen molar-refractivity contribution in [1.82, 2.24) is 0 Å². The number of fused-ring (bicyclic) bond motifs is 1. The molecule has 1 heterocycles. The Morgan fingerprint density at radius 2 is 1.83 bits per heavy atom. The SMILES string of the molecule is O=C1Nc2ccccc2N(O)N1c1ccc(Cl)c(C(F)(F)F)c1. The monoisotopic (exact) mass is 343 g/mol. The van der Waals surface area contributed by atoms with Gasteiger partial charge in [0.25, 0.3) is 0 Å². The van der Waals surface area contributed by atoms with Crippen LogP contribution in [0.25, 0.3) is 0 Å². The molecule has 5 nitrogen and oxygen atoms in total. The number of anilines is 3. The molecule has 0 spiro atoms. The van der Waals surface area contributed by atoms with Crippen LogP contribution in [0, 0.1) is 0 Å². The standard InChI is InChI=1S/C14H9ClF3N3O2/c15-10-6-5-8(7-9(10)14(16,17)18)20-13(22)19-11-3-1-2-4-12(11)21(20)23/h1-7,23H,(H,19,22). The van der Waals surface area contributed by atoms with Gasteiger partial charge in [0, 0.05) is 0 Å². The molecule has 2 N–H and O–H groups in total. The molecule has 2 amide bonds. The van der Waals surface area contributed by atoms with Gasteiger partial charge in [-0.05, 0) is 30.3 Å². The van der Waals surface area contributed by atoms with E-state index in [9.17, 15) is 23.2 Å². The Hall–Kier alpha value is -2.45. The molecule has 3 rings (SSSR count). The fraction of sp³-hybridized carbons (Fsp3) is 0.0714. The van der Waals surface area contributed by atoms with Crippen LogP contribution in [0.3, 0.4) is 0 Å². The number of hydrazine groups is 1. The summed E-state index contributed by atoms with van der Waals surface area (Å²) in [6.07, 6.45) is -4.68. The van der Waals surface area contributed by atoms with E-state index in [-0.39, 0.29) is 11.4 Å². The van der Waals surface area contributed by atoms with E-state index in [2.05, 4.69) is 5.32 Å². The number of hydrogen-bond acceptors (Lipinski definition) is 3. The number of carbonyl (C=O) groups excluding carboxylic acids is 1. The number of alkyl halides is 3. The second kappa shape index (κ2) is 5.32. The number of rotatable bonds is 1. The Balaban J connectivity index is 2.07. The van der Waals surface area contributed by atoms with Gasteiger partial charge in [-0.15, -0.1) is 0 Å². The highest BCUT2D eigenvalue weighted by atomic mass is 35.5. The zero-order chi connectivity index (χ0) is 16.8. The summed E-state index contributed by atoms with van der Waals surface area (Å²) >= 11 is 5.56. The van der Waals surface area contributed by atoms with Gasteiger partial charge in [-0.3, -0.25) is 5.21 Å². The molecule has 23 heavy (non-hydrogen) atoms. The number of urea groups is 1. The van der Waals surface area contributed by atoms with Gasteiger partial charge in [0.2, 0.25) is 0 Å². The molecule has 0 atom stereocenters. The summed E-state index contributed by atoms with van der Waals surface area (Å²) in [5.74, 6) is 0. The molecular weight excluding hydrogens is 335 g/mol. The van der Waals surface area contributed by atoms with Crippen LogP contribution in [0.5, 0.6) is 0 Å². The minimum Gasteiger partial charge on any atom is -0.304 e. The predicted octanol–water partition coefficient (Wildman–Crippen LogP) is 4.52. The molecule has 9 heteroatoms. The Bertz CT molecular complexity index is 782. The highest BCUT2D eigenvalue weighted by molar-refractivity contribution is 6.31. The van der Waals surface area contributed by atoms with Crippen molar-refractivity contribution >= 4 is 34.7 Å². The maximum Gasteiger partial charge on any atom is 0.417 e. The van der Waals surface area contributed by atoms with Crippen LogP contribution >= 0.6 is 11.6 Å². The lowest BCUT2D eigenvalue weighted by molar-refractivity contribution is -0.137. The van der Waals surface area contributed by atoms with E-state index in [1.54, 1.807) is 18.2 Å². The summed E-state index contributed by atoms with van der Waals surface area (Å²) < 4.78 is 38.8. The zero-order valence-corrected chi connectivity index (χ0v) is 12.1. The molecule has 2 aromatic carbocycles. The molecule has 0 unspecified atom stereocenters. The zero-order valence-electron chi connectivity index (χ0n) is 11.3. The quantitative estimate of drug-likeness (QED) is 0.800. The predicted molar refractivity (Wildman–Crippen MR) is 78.7 cm³/mol. The highest BCUT2D eigenvalue weighted by Crippen LogP contribution is 2.39. The number of amides is 2. The van der Waals surface area contributed by atoms with Crippen LogP contribution < -0.4 is 15.5 Å². The summed E-state index contributed by atoms with van der Waals surface area (Å²) in [5, 5.41) is 13.3. The second-order valence-electron chi connectivity index (χ2n) is 4.71. The third kappa shape index (κ3) is 2.66. The summed E-state index contributed by atoms with van der Waals surface area (Å²) in [4.78, 5) is 12.1. The first-order valence-corrected chi connectivity index (χ1v) is 6.72. The molecule has 0 saturated heterocycles. The van der Waals surface area contributed by atoms with E-state index >= 15 is 0 Å². The maximum atomic E-state index is 12.9. The lowest BCUT2D eigenvalue weighted by atomic mass is 10.2. The first kappa shape index (κ1) is 15.4. The fourth-order valence-corrected chi connectivity index (χ4v) is 2.43. The van der Waals surface area contributed by atoms with Gasteiger partial charge in [-0.1, -0.05) is 23.7 Å². The molecule has 0 aliphatic carbocycles. The van der Waals surface area contributed by atoms with Crippen molar-refractivity contribution in [2.24, 2.45) is 0 Å². The van der Waals surface area contributed by atoms with Gasteiger partial charge in [-0.25, -0.2) is 4.79 Å². The van der Waals surface area contributed by atoms with Gasteiger partial charge >= 0.3 is 12.2 Å². The first-order chi connectivity index (χ1) is 10.8. The minimum absolute atomic E-state index is 0.184. The average Bonchev–Trinajstić information content (AvgIpc) is 2.47. The smallest absolute Gasteiger partial charge is 0.304 e. The van der Waals surface area contributed by atoms with E-state index in [4.69, 9.17) is 11.6 Å². The molecule has 2 aromatic rings. The van der Waals surface area contributed by atoms with Gasteiger partial charge in [-0.2, -0.15) is 23.4 Å². The minimum atomic E-state index is -4.68. The van der Waals surface area contributed by atoms with Gasteiger partial charge in [0.1, 0.15) is 5.69 Å². The van der Waals surface area contributed by atoms with Crippen molar-refractivity contribution in [3.05, 3.63) is 53.1 Å². The van der Waals surface area contributed by atoms with Crippen molar-refractivity contribution in [2.75, 3.05) is 15.5 Å². The molecule has 1 aliphatic heterocycles. The molecular formula is C14H9ClF3N3O2. The molecule has 1 aliphatic rings. The normalized spacial score (nSPS) is 14.6. The highest BCUT2D eigenvalue weighted by Gasteiger charge is 2.36. The Kier molecular flexibility index (Phi) is 3.57. The number of carbonyl (C=O) groups is 1. The van der Waals surface area contributed by atoms with E-state index < -0.39 is 22.8 Å². The Labute approximate surface area is 133 Å². The van der Waals surface area contributed by atoms with E-state index in [0.717, 1.165) is 6.07 Å². The van der Waals surface area contributed by atoms with Gasteiger partial charge in [0.15, 0.2) is 0 Å². The lowest BCUT2D eigenvalue weighted by Gasteiger charge is -2.36. The van der Waals surface area contributed by atoms with Crippen molar-refractivity contribution in [3.8, 4) is 0 Å². The number of nitrogens with one attached hydrogen (secondary N) is 1. The van der Waals surface area contributed by atoms with Crippen LogP contribution in [0.1, 0.15) is 5.56 Å².